The first-order valence-corrected chi connectivity index (χ1v) is 11.6. The van der Waals surface area contributed by atoms with Crippen LogP contribution in [0.15, 0.2) is 49.1 Å². The first-order chi connectivity index (χ1) is 16.8. The van der Waals surface area contributed by atoms with Crippen LogP contribution in [-0.4, -0.2) is 72.5 Å². The molecule has 1 aliphatic heterocycles. The molecule has 180 valence electrons. The standard InChI is InChI=1S/C25H28N8O2/c1-17-13-26-16-20(29-17)19-12-21-18(14-27-19)15-28-33(21)23-7-5-6-22(30-23)31-8-10-32(11-9-31)24(34)35-25(2,3)4/h5-7,12-16H,8-11H2,1-4H3. The third-order valence-corrected chi connectivity index (χ3v) is 5.66. The predicted octanol–water partition coefficient (Wildman–Crippen LogP) is 3.64. The molecule has 1 amide bonds. The summed E-state index contributed by atoms with van der Waals surface area (Å²) in [7, 11) is 0. The fraction of sp³-hybridized carbons (Fsp3) is 0.360. The predicted molar refractivity (Wildman–Crippen MR) is 132 cm³/mol. The first-order valence-electron chi connectivity index (χ1n) is 11.6. The lowest BCUT2D eigenvalue weighted by Gasteiger charge is -2.36. The second kappa shape index (κ2) is 8.94. The van der Waals surface area contributed by atoms with Gasteiger partial charge in [0.05, 0.1) is 29.3 Å². The maximum absolute atomic E-state index is 12.4. The molecule has 0 bridgehead atoms. The van der Waals surface area contributed by atoms with Gasteiger partial charge in [0.2, 0.25) is 0 Å². The van der Waals surface area contributed by atoms with E-state index >= 15 is 0 Å². The van der Waals surface area contributed by atoms with E-state index in [9.17, 15) is 4.79 Å². The molecular weight excluding hydrogens is 444 g/mol. The van der Waals surface area contributed by atoms with Crippen molar-refractivity contribution in [2.24, 2.45) is 0 Å². The molecule has 4 aromatic rings. The molecule has 35 heavy (non-hydrogen) atoms. The summed E-state index contributed by atoms with van der Waals surface area (Å²) in [5.41, 5.74) is 2.66. The fourth-order valence-corrected chi connectivity index (χ4v) is 3.98. The Labute approximate surface area is 203 Å². The van der Waals surface area contributed by atoms with E-state index in [0.29, 0.717) is 37.7 Å². The van der Waals surface area contributed by atoms with Gasteiger partial charge in [-0.1, -0.05) is 6.07 Å². The molecule has 1 saturated heterocycles. The number of carbonyl (C=O) groups excluding carboxylic acids is 1. The molecule has 0 unspecified atom stereocenters. The topological polar surface area (TPSA) is 102 Å². The number of aryl methyl sites for hydroxylation is 1. The van der Waals surface area contributed by atoms with Gasteiger partial charge in [0.1, 0.15) is 17.1 Å². The number of rotatable bonds is 3. The number of fused-ring (bicyclic) bond motifs is 1. The minimum absolute atomic E-state index is 0.274. The van der Waals surface area contributed by atoms with Crippen LogP contribution in [0.4, 0.5) is 10.6 Å². The van der Waals surface area contributed by atoms with E-state index in [1.807, 2.05) is 56.6 Å². The van der Waals surface area contributed by atoms with Crippen LogP contribution in [0.5, 0.6) is 0 Å². The van der Waals surface area contributed by atoms with Crippen molar-refractivity contribution < 1.29 is 9.53 Å². The highest BCUT2D eigenvalue weighted by Crippen LogP contribution is 2.24. The van der Waals surface area contributed by atoms with E-state index in [1.54, 1.807) is 29.7 Å². The highest BCUT2D eigenvalue weighted by molar-refractivity contribution is 5.82. The zero-order valence-electron chi connectivity index (χ0n) is 20.3. The number of nitrogens with zero attached hydrogens (tertiary/aromatic N) is 8. The molecule has 1 fully saturated rings. The van der Waals surface area contributed by atoms with Crippen LogP contribution in [0.1, 0.15) is 26.5 Å². The van der Waals surface area contributed by atoms with Crippen molar-refractivity contribution in [3.05, 3.63) is 54.7 Å². The number of amides is 1. The van der Waals surface area contributed by atoms with Gasteiger partial charge in [0.15, 0.2) is 5.82 Å². The fourth-order valence-electron chi connectivity index (χ4n) is 3.98. The van der Waals surface area contributed by atoms with Crippen LogP contribution in [-0.2, 0) is 4.74 Å². The number of hydrogen-bond donors (Lipinski definition) is 0. The largest absolute Gasteiger partial charge is 0.444 e. The van der Waals surface area contributed by atoms with Crippen molar-refractivity contribution in [3.8, 4) is 17.2 Å². The molecule has 5 rings (SSSR count). The Morgan fingerprint density at radius 3 is 2.46 bits per heavy atom. The van der Waals surface area contributed by atoms with Crippen molar-refractivity contribution in [2.75, 3.05) is 31.1 Å². The van der Waals surface area contributed by atoms with Crippen LogP contribution < -0.4 is 4.90 Å². The molecule has 0 saturated carbocycles. The van der Waals surface area contributed by atoms with Crippen LogP contribution in [0.3, 0.4) is 0 Å². The molecule has 0 aliphatic carbocycles. The molecule has 10 heteroatoms. The summed E-state index contributed by atoms with van der Waals surface area (Å²) in [6, 6.07) is 7.84. The molecule has 0 atom stereocenters. The van der Waals surface area contributed by atoms with Crippen molar-refractivity contribution in [2.45, 2.75) is 33.3 Å². The molecule has 0 N–H and O–H groups in total. The highest BCUT2D eigenvalue weighted by Gasteiger charge is 2.26. The summed E-state index contributed by atoms with van der Waals surface area (Å²) in [4.78, 5) is 34.5. The van der Waals surface area contributed by atoms with Crippen molar-refractivity contribution in [1.29, 1.82) is 0 Å². The lowest BCUT2D eigenvalue weighted by Crippen LogP contribution is -2.50. The van der Waals surface area contributed by atoms with Gasteiger partial charge in [-0.05, 0) is 45.9 Å². The second-order valence-corrected chi connectivity index (χ2v) is 9.54. The minimum atomic E-state index is -0.502. The van der Waals surface area contributed by atoms with Crippen LogP contribution >= 0.6 is 0 Å². The highest BCUT2D eigenvalue weighted by atomic mass is 16.6. The van der Waals surface area contributed by atoms with E-state index in [4.69, 9.17) is 9.72 Å². The molecular formula is C25H28N8O2. The molecule has 0 radical (unpaired) electrons. The van der Waals surface area contributed by atoms with Crippen LogP contribution in [0.2, 0.25) is 0 Å². The van der Waals surface area contributed by atoms with E-state index in [-0.39, 0.29) is 6.09 Å². The van der Waals surface area contributed by atoms with Gasteiger partial charge >= 0.3 is 6.09 Å². The van der Waals surface area contributed by atoms with Crippen molar-refractivity contribution in [3.63, 3.8) is 0 Å². The minimum Gasteiger partial charge on any atom is -0.444 e. The summed E-state index contributed by atoms with van der Waals surface area (Å²) < 4.78 is 7.31. The van der Waals surface area contributed by atoms with Crippen LogP contribution in [0, 0.1) is 6.92 Å². The number of ether oxygens (including phenoxy) is 1. The molecule has 0 aromatic carbocycles. The molecule has 4 aromatic heterocycles. The first kappa shape index (κ1) is 22.7. The number of hydrogen-bond acceptors (Lipinski definition) is 8. The summed E-state index contributed by atoms with van der Waals surface area (Å²) in [6.45, 7) is 10.1. The second-order valence-electron chi connectivity index (χ2n) is 9.54. The van der Waals surface area contributed by atoms with E-state index in [0.717, 1.165) is 28.1 Å². The van der Waals surface area contributed by atoms with Gasteiger partial charge in [-0.2, -0.15) is 5.10 Å². The van der Waals surface area contributed by atoms with Gasteiger partial charge in [-0.3, -0.25) is 9.97 Å². The lowest BCUT2D eigenvalue weighted by molar-refractivity contribution is 0.0240. The lowest BCUT2D eigenvalue weighted by atomic mass is 10.2. The zero-order valence-corrected chi connectivity index (χ0v) is 20.3. The molecule has 1 aliphatic rings. The summed E-state index contributed by atoms with van der Waals surface area (Å²) >= 11 is 0. The van der Waals surface area contributed by atoms with E-state index < -0.39 is 5.60 Å². The van der Waals surface area contributed by atoms with Gasteiger partial charge in [-0.15, -0.1) is 0 Å². The Morgan fingerprint density at radius 1 is 0.943 bits per heavy atom. The summed E-state index contributed by atoms with van der Waals surface area (Å²) in [5.74, 6) is 1.55. The Morgan fingerprint density at radius 2 is 1.71 bits per heavy atom. The van der Waals surface area contributed by atoms with Gasteiger partial charge in [-0.25, -0.2) is 19.4 Å². The number of aromatic nitrogens is 6. The van der Waals surface area contributed by atoms with Gasteiger partial charge in [0, 0.05) is 44.0 Å². The summed E-state index contributed by atoms with van der Waals surface area (Å²) in [6.07, 6.45) is 6.72. The monoisotopic (exact) mass is 472 g/mol. The maximum atomic E-state index is 12.4. The zero-order chi connectivity index (χ0) is 24.6. The Balaban J connectivity index is 1.37. The maximum Gasteiger partial charge on any atom is 0.410 e. The molecule has 10 nitrogen and oxygen atoms in total. The number of piperazine rings is 1. The number of pyridine rings is 2. The number of anilines is 1. The number of carbonyl (C=O) groups is 1. The van der Waals surface area contributed by atoms with Crippen molar-refractivity contribution in [1.82, 2.24) is 34.6 Å². The molecule has 0 spiro atoms. The Bertz CT molecular complexity index is 1370. The van der Waals surface area contributed by atoms with E-state index in [1.165, 1.54) is 0 Å². The Hall–Kier alpha value is -4.08. The SMILES string of the molecule is Cc1cncc(-c2cc3c(cn2)cnn3-c2cccc(N3CCN(C(=O)OC(C)(C)C)CC3)n2)n1. The molecule has 5 heterocycles. The third kappa shape index (κ3) is 4.91. The Kier molecular flexibility index (Phi) is 5.80. The van der Waals surface area contributed by atoms with Gasteiger partial charge in [0.25, 0.3) is 0 Å². The smallest absolute Gasteiger partial charge is 0.410 e. The van der Waals surface area contributed by atoms with Crippen molar-refractivity contribution >= 4 is 22.8 Å². The third-order valence-electron chi connectivity index (χ3n) is 5.66. The average molecular weight is 473 g/mol. The van der Waals surface area contributed by atoms with Crippen LogP contribution in [0.25, 0.3) is 28.1 Å². The van der Waals surface area contributed by atoms with Gasteiger partial charge < -0.3 is 14.5 Å². The average Bonchev–Trinajstić information content (AvgIpc) is 3.26. The normalized spacial score (nSPS) is 14.4. The quantitative estimate of drug-likeness (QED) is 0.445. The van der Waals surface area contributed by atoms with E-state index in [2.05, 4.69) is 25.0 Å². The summed E-state index contributed by atoms with van der Waals surface area (Å²) in [5, 5.41) is 5.47.